The molecule has 1 aliphatic heterocycles. The second-order valence-corrected chi connectivity index (χ2v) is 7.52. The summed E-state index contributed by atoms with van der Waals surface area (Å²) in [6.07, 6.45) is 1.67. The highest BCUT2D eigenvalue weighted by Crippen LogP contribution is 2.30. The van der Waals surface area contributed by atoms with Crippen LogP contribution in [-0.4, -0.2) is 46.0 Å². The lowest BCUT2D eigenvalue weighted by molar-refractivity contribution is 0.298. The van der Waals surface area contributed by atoms with Crippen LogP contribution < -0.4 is 10.1 Å². The first-order chi connectivity index (χ1) is 9.48. The van der Waals surface area contributed by atoms with Gasteiger partial charge in [-0.3, -0.25) is 0 Å². The van der Waals surface area contributed by atoms with Crippen molar-refractivity contribution in [2.75, 3.05) is 27.2 Å². The predicted molar refractivity (Wildman–Crippen MR) is 81.5 cm³/mol. The molecule has 5 nitrogen and oxygen atoms in total. The van der Waals surface area contributed by atoms with E-state index >= 15 is 0 Å². The fourth-order valence-corrected chi connectivity index (χ4v) is 4.83. The normalized spacial score (nSPS) is 18.1. The summed E-state index contributed by atoms with van der Waals surface area (Å²) in [4.78, 5) is 0.293. The Morgan fingerprint density at radius 1 is 1.35 bits per heavy atom. The van der Waals surface area contributed by atoms with E-state index in [2.05, 4.69) is 21.2 Å². The minimum Gasteiger partial charge on any atom is -0.497 e. The van der Waals surface area contributed by atoms with Crippen LogP contribution >= 0.6 is 15.9 Å². The monoisotopic (exact) mass is 362 g/mol. The smallest absolute Gasteiger partial charge is 0.244 e. The van der Waals surface area contributed by atoms with Gasteiger partial charge in [-0.1, -0.05) is 0 Å². The number of benzene rings is 1. The average Bonchev–Trinajstić information content (AvgIpc) is 2.46. The second-order valence-electron chi connectivity index (χ2n) is 4.76. The number of nitrogens with one attached hydrogen (secondary N) is 1. The van der Waals surface area contributed by atoms with Crippen molar-refractivity contribution in [2.45, 2.75) is 23.8 Å². The molecule has 1 aliphatic rings. The van der Waals surface area contributed by atoms with Gasteiger partial charge in [0.15, 0.2) is 0 Å². The largest absolute Gasteiger partial charge is 0.497 e. The van der Waals surface area contributed by atoms with Crippen molar-refractivity contribution in [1.29, 1.82) is 0 Å². The zero-order valence-electron chi connectivity index (χ0n) is 11.6. The molecule has 2 rings (SSSR count). The quantitative estimate of drug-likeness (QED) is 0.887. The van der Waals surface area contributed by atoms with E-state index in [9.17, 15) is 8.42 Å². The van der Waals surface area contributed by atoms with Crippen molar-refractivity contribution >= 4 is 26.0 Å². The van der Waals surface area contributed by atoms with Gasteiger partial charge < -0.3 is 10.1 Å². The number of hydrogen-bond donors (Lipinski definition) is 1. The molecule has 0 spiro atoms. The molecule has 1 saturated heterocycles. The Hall–Kier alpha value is -0.630. The summed E-state index contributed by atoms with van der Waals surface area (Å²) in [6, 6.07) is 5.33. The number of ether oxygens (including phenoxy) is 1. The van der Waals surface area contributed by atoms with Crippen LogP contribution in [-0.2, 0) is 10.0 Å². The fraction of sp³-hybridized carbons (Fsp3) is 0.538. The van der Waals surface area contributed by atoms with Gasteiger partial charge in [-0.05, 0) is 54.0 Å². The maximum absolute atomic E-state index is 12.6. The first-order valence-corrected chi connectivity index (χ1v) is 8.73. The summed E-state index contributed by atoms with van der Waals surface area (Å²) in [6.45, 7) is 1.10. The standard InChI is InChI=1S/C13H19BrN2O3S/c1-15-10-5-7-16(8-6-10)20(17,18)13-4-3-11(19-2)9-12(13)14/h3-4,9-10,15H,5-8H2,1-2H3. The van der Waals surface area contributed by atoms with Crippen LogP contribution in [0.1, 0.15) is 12.8 Å². The highest BCUT2D eigenvalue weighted by atomic mass is 79.9. The number of methoxy groups -OCH3 is 1. The summed E-state index contributed by atoms with van der Waals surface area (Å²) >= 11 is 3.32. The van der Waals surface area contributed by atoms with Crippen LogP contribution in [0.2, 0.25) is 0 Å². The van der Waals surface area contributed by atoms with Gasteiger partial charge >= 0.3 is 0 Å². The number of nitrogens with zero attached hydrogens (tertiary/aromatic N) is 1. The Morgan fingerprint density at radius 2 is 2.00 bits per heavy atom. The number of rotatable bonds is 4. The number of sulfonamides is 1. The van der Waals surface area contributed by atoms with Crippen LogP contribution in [0, 0.1) is 0 Å². The lowest BCUT2D eigenvalue weighted by Gasteiger charge is -2.31. The lowest BCUT2D eigenvalue weighted by Crippen LogP contribution is -2.43. The van der Waals surface area contributed by atoms with E-state index in [1.54, 1.807) is 29.6 Å². The van der Waals surface area contributed by atoms with Crippen LogP contribution in [0.4, 0.5) is 0 Å². The summed E-state index contributed by atoms with van der Waals surface area (Å²) in [5.41, 5.74) is 0. The van der Waals surface area contributed by atoms with E-state index in [4.69, 9.17) is 4.74 Å². The van der Waals surface area contributed by atoms with Gasteiger partial charge in [0.2, 0.25) is 10.0 Å². The molecule has 20 heavy (non-hydrogen) atoms. The third-order valence-corrected chi connectivity index (χ3v) is 6.49. The first kappa shape index (κ1) is 15.8. The average molecular weight is 363 g/mol. The van der Waals surface area contributed by atoms with Crippen molar-refractivity contribution in [3.63, 3.8) is 0 Å². The van der Waals surface area contributed by atoms with Crippen molar-refractivity contribution in [1.82, 2.24) is 9.62 Å². The Labute approximate surface area is 128 Å². The molecule has 0 saturated carbocycles. The lowest BCUT2D eigenvalue weighted by atomic mass is 10.1. The molecule has 0 amide bonds. The molecule has 1 N–H and O–H groups in total. The van der Waals surface area contributed by atoms with E-state index in [0.717, 1.165) is 12.8 Å². The van der Waals surface area contributed by atoms with E-state index < -0.39 is 10.0 Å². The summed E-state index contributed by atoms with van der Waals surface area (Å²) < 4.78 is 32.4. The molecule has 0 bridgehead atoms. The van der Waals surface area contributed by atoms with Crippen LogP contribution in [0.25, 0.3) is 0 Å². The molecule has 1 fully saturated rings. The zero-order chi connectivity index (χ0) is 14.8. The highest BCUT2D eigenvalue weighted by Gasteiger charge is 2.30. The molecule has 0 unspecified atom stereocenters. The van der Waals surface area contributed by atoms with Crippen molar-refractivity contribution < 1.29 is 13.2 Å². The van der Waals surface area contributed by atoms with Gasteiger partial charge in [-0.25, -0.2) is 8.42 Å². The van der Waals surface area contributed by atoms with Gasteiger partial charge in [0.05, 0.1) is 12.0 Å². The molecule has 0 aliphatic carbocycles. The second kappa shape index (κ2) is 6.43. The third-order valence-electron chi connectivity index (χ3n) is 3.62. The molecule has 112 valence electrons. The van der Waals surface area contributed by atoms with Gasteiger partial charge in [0.1, 0.15) is 5.75 Å². The summed E-state index contributed by atoms with van der Waals surface area (Å²) in [5, 5.41) is 3.19. The van der Waals surface area contributed by atoms with E-state index in [1.165, 1.54) is 0 Å². The third kappa shape index (κ3) is 3.16. The SMILES string of the molecule is CNC1CCN(S(=O)(=O)c2ccc(OC)cc2Br)CC1. The molecule has 0 radical (unpaired) electrons. The van der Waals surface area contributed by atoms with Gasteiger partial charge in [0, 0.05) is 23.6 Å². The van der Waals surface area contributed by atoms with Gasteiger partial charge in [-0.2, -0.15) is 4.31 Å². The van der Waals surface area contributed by atoms with Gasteiger partial charge in [-0.15, -0.1) is 0 Å². The molecular weight excluding hydrogens is 344 g/mol. The maximum atomic E-state index is 12.6. The Morgan fingerprint density at radius 3 is 2.50 bits per heavy atom. The predicted octanol–water partition coefficient (Wildman–Crippen LogP) is 1.83. The first-order valence-electron chi connectivity index (χ1n) is 6.50. The van der Waals surface area contributed by atoms with E-state index in [-0.39, 0.29) is 0 Å². The van der Waals surface area contributed by atoms with E-state index in [0.29, 0.717) is 34.2 Å². The van der Waals surface area contributed by atoms with Gasteiger partial charge in [0.25, 0.3) is 0 Å². The minimum absolute atomic E-state index is 0.293. The molecule has 1 aromatic carbocycles. The Bertz CT molecular complexity index is 569. The fourth-order valence-electron chi connectivity index (χ4n) is 2.34. The molecule has 1 heterocycles. The maximum Gasteiger partial charge on any atom is 0.244 e. The Kier molecular flexibility index (Phi) is 5.06. The van der Waals surface area contributed by atoms with E-state index in [1.807, 2.05) is 7.05 Å². The zero-order valence-corrected chi connectivity index (χ0v) is 14.0. The minimum atomic E-state index is -3.45. The molecule has 7 heteroatoms. The van der Waals surface area contributed by atoms with Crippen LogP contribution in [0.3, 0.4) is 0 Å². The van der Waals surface area contributed by atoms with Crippen LogP contribution in [0.5, 0.6) is 5.75 Å². The van der Waals surface area contributed by atoms with Crippen molar-refractivity contribution in [3.8, 4) is 5.75 Å². The van der Waals surface area contributed by atoms with Crippen LogP contribution in [0.15, 0.2) is 27.6 Å². The Balaban J connectivity index is 2.23. The number of halogens is 1. The summed E-state index contributed by atoms with van der Waals surface area (Å²) in [5.74, 6) is 0.629. The molecule has 0 aromatic heterocycles. The number of hydrogen-bond acceptors (Lipinski definition) is 4. The topological polar surface area (TPSA) is 58.6 Å². The molecular formula is C13H19BrN2O3S. The summed E-state index contributed by atoms with van der Waals surface area (Å²) in [7, 11) is 0.0194. The molecule has 0 atom stereocenters. The molecule has 1 aromatic rings. The number of piperidine rings is 1. The highest BCUT2D eigenvalue weighted by molar-refractivity contribution is 9.10. The van der Waals surface area contributed by atoms with Crippen molar-refractivity contribution in [2.24, 2.45) is 0 Å². The van der Waals surface area contributed by atoms with Crippen molar-refractivity contribution in [3.05, 3.63) is 22.7 Å².